The predicted octanol–water partition coefficient (Wildman–Crippen LogP) is 3.75. The Labute approximate surface area is 142 Å². The zero-order valence-electron chi connectivity index (χ0n) is 13.7. The third-order valence-electron chi connectivity index (χ3n) is 3.58. The van der Waals surface area contributed by atoms with E-state index in [1.807, 2.05) is 61.5 Å². The first-order chi connectivity index (χ1) is 11.0. The Hall–Kier alpha value is -2.20. The monoisotopic (exact) mass is 331 g/mol. The first-order valence-electron chi connectivity index (χ1n) is 7.46. The lowest BCUT2D eigenvalue weighted by Gasteiger charge is -2.19. The Balaban J connectivity index is 1.91. The summed E-state index contributed by atoms with van der Waals surface area (Å²) in [6.45, 7) is 0.969. The van der Waals surface area contributed by atoms with Crippen LogP contribution >= 0.6 is 11.6 Å². The molecule has 0 saturated carbocycles. The van der Waals surface area contributed by atoms with E-state index in [-0.39, 0.29) is 6.03 Å². The summed E-state index contributed by atoms with van der Waals surface area (Å²) in [6, 6.07) is 15.5. The molecule has 0 aliphatic rings. The van der Waals surface area contributed by atoms with Crippen LogP contribution in [0.15, 0.2) is 48.5 Å². The molecule has 122 valence electrons. The van der Waals surface area contributed by atoms with Gasteiger partial charge < -0.3 is 15.1 Å². The van der Waals surface area contributed by atoms with E-state index in [1.165, 1.54) is 0 Å². The summed E-state index contributed by atoms with van der Waals surface area (Å²) in [5, 5.41) is 3.60. The van der Waals surface area contributed by atoms with E-state index in [2.05, 4.69) is 11.4 Å². The molecule has 23 heavy (non-hydrogen) atoms. The normalized spacial score (nSPS) is 10.3. The van der Waals surface area contributed by atoms with Gasteiger partial charge in [0.15, 0.2) is 0 Å². The van der Waals surface area contributed by atoms with E-state index in [0.29, 0.717) is 18.1 Å². The minimum atomic E-state index is -0.125. The minimum Gasteiger partial charge on any atom is -0.378 e. The number of anilines is 1. The van der Waals surface area contributed by atoms with Crippen molar-refractivity contribution in [2.45, 2.75) is 13.1 Å². The van der Waals surface area contributed by atoms with E-state index in [1.54, 1.807) is 11.9 Å². The van der Waals surface area contributed by atoms with Gasteiger partial charge in [0.25, 0.3) is 0 Å². The Morgan fingerprint density at radius 1 is 1.09 bits per heavy atom. The van der Waals surface area contributed by atoms with Crippen LogP contribution in [0.4, 0.5) is 10.5 Å². The van der Waals surface area contributed by atoms with Crippen molar-refractivity contribution in [3.8, 4) is 0 Å². The molecule has 5 heteroatoms. The molecule has 0 heterocycles. The number of nitrogens with zero attached hydrogens (tertiary/aromatic N) is 2. The lowest BCUT2D eigenvalue weighted by atomic mass is 10.2. The third-order valence-corrected chi connectivity index (χ3v) is 3.95. The summed E-state index contributed by atoms with van der Waals surface area (Å²) in [5.74, 6) is 0. The van der Waals surface area contributed by atoms with Gasteiger partial charge in [0, 0.05) is 44.9 Å². The molecule has 2 aromatic rings. The van der Waals surface area contributed by atoms with Gasteiger partial charge in [-0.15, -0.1) is 0 Å². The van der Waals surface area contributed by atoms with Crippen LogP contribution in [-0.4, -0.2) is 32.1 Å². The summed E-state index contributed by atoms with van der Waals surface area (Å²) in [4.78, 5) is 15.9. The first kappa shape index (κ1) is 17.2. The van der Waals surface area contributed by atoms with Gasteiger partial charge >= 0.3 is 6.03 Å². The van der Waals surface area contributed by atoms with Crippen molar-refractivity contribution in [1.82, 2.24) is 10.2 Å². The van der Waals surface area contributed by atoms with E-state index < -0.39 is 0 Å². The topological polar surface area (TPSA) is 35.6 Å². The summed E-state index contributed by atoms with van der Waals surface area (Å²) in [6.07, 6.45) is 0. The van der Waals surface area contributed by atoms with E-state index in [0.717, 1.165) is 16.8 Å². The van der Waals surface area contributed by atoms with Gasteiger partial charge in [-0.05, 0) is 29.3 Å². The Morgan fingerprint density at radius 3 is 2.52 bits per heavy atom. The maximum Gasteiger partial charge on any atom is 0.317 e. The lowest BCUT2D eigenvalue weighted by Crippen LogP contribution is -2.36. The zero-order chi connectivity index (χ0) is 16.8. The highest BCUT2D eigenvalue weighted by Crippen LogP contribution is 2.16. The van der Waals surface area contributed by atoms with Crippen LogP contribution in [0.2, 0.25) is 5.02 Å². The molecule has 0 radical (unpaired) electrons. The van der Waals surface area contributed by atoms with Crippen molar-refractivity contribution in [3.63, 3.8) is 0 Å². The number of benzene rings is 2. The fraction of sp³-hybridized carbons (Fsp3) is 0.278. The standard InChI is InChI=1S/C18H22ClN3O/c1-21(2)16-9-6-7-14(11-16)12-20-18(23)22(3)13-15-8-4-5-10-17(15)19/h4-11H,12-13H2,1-3H3,(H,20,23). The highest BCUT2D eigenvalue weighted by Gasteiger charge is 2.10. The molecule has 4 nitrogen and oxygen atoms in total. The summed E-state index contributed by atoms with van der Waals surface area (Å²) in [5.41, 5.74) is 3.11. The summed E-state index contributed by atoms with van der Waals surface area (Å²) in [7, 11) is 5.75. The average molecular weight is 332 g/mol. The maximum atomic E-state index is 12.2. The molecule has 0 atom stereocenters. The van der Waals surface area contributed by atoms with Gasteiger partial charge in [-0.25, -0.2) is 4.79 Å². The molecule has 2 aromatic carbocycles. The fourth-order valence-electron chi connectivity index (χ4n) is 2.21. The molecule has 0 unspecified atom stereocenters. The number of carbonyl (C=O) groups is 1. The Morgan fingerprint density at radius 2 is 1.83 bits per heavy atom. The molecular formula is C18H22ClN3O. The lowest BCUT2D eigenvalue weighted by molar-refractivity contribution is 0.206. The van der Waals surface area contributed by atoms with Crippen molar-refractivity contribution in [1.29, 1.82) is 0 Å². The number of carbonyl (C=O) groups excluding carboxylic acids is 1. The largest absolute Gasteiger partial charge is 0.378 e. The van der Waals surface area contributed by atoms with Gasteiger partial charge in [0.05, 0.1) is 0 Å². The second kappa shape index (κ2) is 7.88. The number of halogens is 1. The molecule has 0 aliphatic heterocycles. The predicted molar refractivity (Wildman–Crippen MR) is 95.9 cm³/mol. The fourth-order valence-corrected chi connectivity index (χ4v) is 2.41. The highest BCUT2D eigenvalue weighted by atomic mass is 35.5. The zero-order valence-corrected chi connectivity index (χ0v) is 14.5. The Bertz CT molecular complexity index is 673. The van der Waals surface area contributed by atoms with Crippen LogP contribution in [-0.2, 0) is 13.1 Å². The molecule has 2 rings (SSSR count). The number of nitrogens with one attached hydrogen (secondary N) is 1. The molecule has 0 aromatic heterocycles. The van der Waals surface area contributed by atoms with Crippen LogP contribution in [0.1, 0.15) is 11.1 Å². The van der Waals surface area contributed by atoms with Gasteiger partial charge in [0.2, 0.25) is 0 Å². The second-order valence-corrected chi connectivity index (χ2v) is 6.08. The van der Waals surface area contributed by atoms with Crippen molar-refractivity contribution in [2.24, 2.45) is 0 Å². The van der Waals surface area contributed by atoms with Crippen LogP contribution in [0.3, 0.4) is 0 Å². The molecule has 0 fully saturated rings. The number of hydrogen-bond donors (Lipinski definition) is 1. The van der Waals surface area contributed by atoms with E-state index in [9.17, 15) is 4.79 Å². The molecule has 0 saturated heterocycles. The van der Waals surface area contributed by atoms with Crippen LogP contribution in [0, 0.1) is 0 Å². The highest BCUT2D eigenvalue weighted by molar-refractivity contribution is 6.31. The van der Waals surface area contributed by atoms with E-state index in [4.69, 9.17) is 11.6 Å². The van der Waals surface area contributed by atoms with Crippen LogP contribution < -0.4 is 10.2 Å². The van der Waals surface area contributed by atoms with E-state index >= 15 is 0 Å². The van der Waals surface area contributed by atoms with Crippen LogP contribution in [0.25, 0.3) is 0 Å². The number of amides is 2. The summed E-state index contributed by atoms with van der Waals surface area (Å²) < 4.78 is 0. The third kappa shape index (κ3) is 4.89. The maximum absolute atomic E-state index is 12.2. The van der Waals surface area contributed by atoms with Gasteiger partial charge in [0.1, 0.15) is 0 Å². The number of urea groups is 1. The van der Waals surface area contributed by atoms with Crippen molar-refractivity contribution >= 4 is 23.3 Å². The summed E-state index contributed by atoms with van der Waals surface area (Å²) >= 11 is 6.13. The first-order valence-corrected chi connectivity index (χ1v) is 7.84. The second-order valence-electron chi connectivity index (χ2n) is 5.67. The number of hydrogen-bond acceptors (Lipinski definition) is 2. The Kier molecular flexibility index (Phi) is 5.88. The van der Waals surface area contributed by atoms with Gasteiger partial charge in [-0.3, -0.25) is 0 Å². The molecule has 2 amide bonds. The molecule has 0 bridgehead atoms. The SMILES string of the molecule is CN(Cc1ccccc1Cl)C(=O)NCc1cccc(N(C)C)c1. The van der Waals surface area contributed by atoms with Crippen LogP contribution in [0.5, 0.6) is 0 Å². The quantitative estimate of drug-likeness (QED) is 0.905. The van der Waals surface area contributed by atoms with Crippen molar-refractivity contribution in [2.75, 3.05) is 26.0 Å². The molecule has 0 spiro atoms. The molecule has 0 aliphatic carbocycles. The molecular weight excluding hydrogens is 310 g/mol. The molecule has 1 N–H and O–H groups in total. The number of rotatable bonds is 5. The van der Waals surface area contributed by atoms with Crippen molar-refractivity contribution < 1.29 is 4.79 Å². The smallest absolute Gasteiger partial charge is 0.317 e. The minimum absolute atomic E-state index is 0.125. The average Bonchev–Trinajstić information content (AvgIpc) is 2.55. The van der Waals surface area contributed by atoms with Crippen molar-refractivity contribution in [3.05, 3.63) is 64.7 Å². The van der Waals surface area contributed by atoms with Gasteiger partial charge in [-0.2, -0.15) is 0 Å². The van der Waals surface area contributed by atoms with Gasteiger partial charge in [-0.1, -0.05) is 41.9 Å².